The summed E-state index contributed by atoms with van der Waals surface area (Å²) in [6.45, 7) is 0. The second kappa shape index (κ2) is 5.68. The first kappa shape index (κ1) is 16.1. The van der Waals surface area contributed by atoms with Crippen LogP contribution in [0.1, 0.15) is 22.3 Å². The second-order valence-corrected chi connectivity index (χ2v) is 5.45. The number of hydrogen-bond acceptors (Lipinski definition) is 4. The van der Waals surface area contributed by atoms with Crippen molar-refractivity contribution in [1.29, 1.82) is 0 Å². The lowest BCUT2D eigenvalue weighted by molar-refractivity contribution is -0.133. The SMILES string of the molecule is COc1cc(F)ccc1C(=O)CC1(O)C(=O)Nc2ccc(F)cc21. The average molecular weight is 333 g/mol. The Balaban J connectivity index is 1.98. The molecule has 3 rings (SSSR count). The van der Waals surface area contributed by atoms with Crippen LogP contribution in [0.25, 0.3) is 0 Å². The van der Waals surface area contributed by atoms with Crippen molar-refractivity contribution >= 4 is 17.4 Å². The number of carbonyl (C=O) groups excluding carboxylic acids is 2. The number of hydrogen-bond donors (Lipinski definition) is 2. The van der Waals surface area contributed by atoms with Crippen LogP contribution in [0.15, 0.2) is 36.4 Å². The molecular weight excluding hydrogens is 320 g/mol. The van der Waals surface area contributed by atoms with Crippen LogP contribution < -0.4 is 10.1 Å². The zero-order valence-electron chi connectivity index (χ0n) is 12.6. The smallest absolute Gasteiger partial charge is 0.261 e. The van der Waals surface area contributed by atoms with Gasteiger partial charge in [-0.3, -0.25) is 9.59 Å². The fourth-order valence-corrected chi connectivity index (χ4v) is 2.71. The summed E-state index contributed by atoms with van der Waals surface area (Å²) >= 11 is 0. The highest BCUT2D eigenvalue weighted by atomic mass is 19.1. The van der Waals surface area contributed by atoms with Crippen LogP contribution in [-0.2, 0) is 10.4 Å². The maximum atomic E-state index is 13.5. The minimum Gasteiger partial charge on any atom is -0.496 e. The molecule has 1 aliphatic heterocycles. The highest BCUT2D eigenvalue weighted by molar-refractivity contribution is 6.09. The van der Waals surface area contributed by atoms with Crippen molar-refractivity contribution in [2.45, 2.75) is 12.0 Å². The van der Waals surface area contributed by atoms with Crippen LogP contribution in [0.3, 0.4) is 0 Å². The van der Waals surface area contributed by atoms with E-state index in [0.717, 1.165) is 24.3 Å². The lowest BCUT2D eigenvalue weighted by Gasteiger charge is -2.20. The number of anilines is 1. The Morgan fingerprint density at radius 2 is 1.88 bits per heavy atom. The van der Waals surface area contributed by atoms with Gasteiger partial charge in [0.2, 0.25) is 0 Å². The Morgan fingerprint density at radius 3 is 2.58 bits per heavy atom. The molecule has 0 fully saturated rings. The van der Waals surface area contributed by atoms with Gasteiger partial charge in [-0.05, 0) is 30.3 Å². The highest BCUT2D eigenvalue weighted by Crippen LogP contribution is 2.40. The van der Waals surface area contributed by atoms with Crippen molar-refractivity contribution in [2.75, 3.05) is 12.4 Å². The van der Waals surface area contributed by atoms with Gasteiger partial charge < -0.3 is 15.2 Å². The Morgan fingerprint density at radius 1 is 1.21 bits per heavy atom. The molecule has 2 aromatic rings. The number of ketones is 1. The van der Waals surface area contributed by atoms with Gasteiger partial charge in [-0.25, -0.2) is 8.78 Å². The van der Waals surface area contributed by atoms with E-state index in [4.69, 9.17) is 4.74 Å². The van der Waals surface area contributed by atoms with E-state index in [0.29, 0.717) is 0 Å². The van der Waals surface area contributed by atoms with E-state index in [1.54, 1.807) is 0 Å². The number of benzene rings is 2. The number of methoxy groups -OCH3 is 1. The summed E-state index contributed by atoms with van der Waals surface area (Å²) in [6, 6.07) is 6.75. The van der Waals surface area contributed by atoms with E-state index >= 15 is 0 Å². The van der Waals surface area contributed by atoms with E-state index in [1.807, 2.05) is 0 Å². The lowest BCUT2D eigenvalue weighted by atomic mass is 9.88. The van der Waals surface area contributed by atoms with Crippen molar-refractivity contribution in [3.8, 4) is 5.75 Å². The molecule has 0 spiro atoms. The third kappa shape index (κ3) is 2.52. The van der Waals surface area contributed by atoms with Crippen LogP contribution in [0.2, 0.25) is 0 Å². The van der Waals surface area contributed by atoms with Gasteiger partial charge in [0, 0.05) is 17.3 Å². The highest BCUT2D eigenvalue weighted by Gasteiger charge is 2.47. The number of amides is 1. The number of fused-ring (bicyclic) bond motifs is 1. The van der Waals surface area contributed by atoms with Gasteiger partial charge >= 0.3 is 0 Å². The Labute approximate surface area is 135 Å². The molecular formula is C17H13F2NO4. The summed E-state index contributed by atoms with van der Waals surface area (Å²) in [5.41, 5.74) is -1.96. The maximum Gasteiger partial charge on any atom is 0.261 e. The minimum absolute atomic E-state index is 0.0121. The van der Waals surface area contributed by atoms with Crippen molar-refractivity contribution < 1.29 is 28.2 Å². The summed E-state index contributed by atoms with van der Waals surface area (Å²) in [5, 5.41) is 13.1. The van der Waals surface area contributed by atoms with Crippen LogP contribution in [-0.4, -0.2) is 23.9 Å². The normalized spacial score (nSPS) is 18.9. The number of halogens is 2. The number of ether oxygens (including phenoxy) is 1. The van der Waals surface area contributed by atoms with Gasteiger partial charge in [0.1, 0.15) is 17.4 Å². The molecule has 1 heterocycles. The molecule has 0 radical (unpaired) electrons. The first-order valence-corrected chi connectivity index (χ1v) is 7.06. The standard InChI is InChI=1S/C17H13F2NO4/c1-24-15-7-10(19)2-4-11(15)14(21)8-17(23)12-6-9(18)3-5-13(12)20-16(17)22/h2-7,23H,8H2,1H3,(H,20,22). The van der Waals surface area contributed by atoms with Gasteiger partial charge in [-0.1, -0.05) is 0 Å². The van der Waals surface area contributed by atoms with E-state index in [-0.39, 0.29) is 22.6 Å². The summed E-state index contributed by atoms with van der Waals surface area (Å²) in [5.74, 6) is -2.70. The summed E-state index contributed by atoms with van der Waals surface area (Å²) in [6.07, 6.45) is -0.628. The predicted molar refractivity (Wildman–Crippen MR) is 80.8 cm³/mol. The van der Waals surface area contributed by atoms with Crippen LogP contribution >= 0.6 is 0 Å². The number of nitrogens with one attached hydrogen (secondary N) is 1. The summed E-state index contributed by atoms with van der Waals surface area (Å²) in [7, 11) is 1.27. The second-order valence-electron chi connectivity index (χ2n) is 5.45. The molecule has 1 amide bonds. The average Bonchev–Trinajstić information content (AvgIpc) is 2.78. The fraction of sp³-hybridized carbons (Fsp3) is 0.176. The van der Waals surface area contributed by atoms with Crippen molar-refractivity contribution in [3.05, 3.63) is 59.2 Å². The Hall–Kier alpha value is -2.80. The molecule has 0 aromatic heterocycles. The van der Waals surface area contributed by atoms with E-state index in [9.17, 15) is 23.5 Å². The molecule has 24 heavy (non-hydrogen) atoms. The molecule has 7 heteroatoms. The zero-order chi connectivity index (χ0) is 17.5. The number of carbonyl (C=O) groups is 2. The van der Waals surface area contributed by atoms with Gasteiger partial charge in [0.15, 0.2) is 11.4 Å². The monoisotopic (exact) mass is 333 g/mol. The van der Waals surface area contributed by atoms with Gasteiger partial charge in [0.05, 0.1) is 19.1 Å². The molecule has 1 atom stereocenters. The quantitative estimate of drug-likeness (QED) is 0.843. The van der Waals surface area contributed by atoms with Crippen LogP contribution in [0, 0.1) is 11.6 Å². The van der Waals surface area contributed by atoms with E-state index in [2.05, 4.69) is 5.32 Å². The van der Waals surface area contributed by atoms with Crippen molar-refractivity contribution in [1.82, 2.24) is 0 Å². The number of Topliss-reactive ketones (excluding diaryl/α,β-unsaturated/α-hetero) is 1. The molecule has 0 bridgehead atoms. The first-order valence-electron chi connectivity index (χ1n) is 7.06. The Kier molecular flexibility index (Phi) is 3.81. The molecule has 2 aromatic carbocycles. The summed E-state index contributed by atoms with van der Waals surface area (Å²) in [4.78, 5) is 24.6. The Bertz CT molecular complexity index is 852. The molecule has 0 saturated heterocycles. The minimum atomic E-state index is -2.20. The van der Waals surface area contributed by atoms with Crippen LogP contribution in [0.4, 0.5) is 14.5 Å². The van der Waals surface area contributed by atoms with Crippen molar-refractivity contribution in [3.63, 3.8) is 0 Å². The topological polar surface area (TPSA) is 75.6 Å². The van der Waals surface area contributed by atoms with Gasteiger partial charge in [-0.15, -0.1) is 0 Å². The third-order valence-corrected chi connectivity index (χ3v) is 3.93. The first-order chi connectivity index (χ1) is 11.3. The fourth-order valence-electron chi connectivity index (χ4n) is 2.71. The number of aliphatic hydroxyl groups is 1. The zero-order valence-corrected chi connectivity index (χ0v) is 12.6. The molecule has 1 aliphatic rings. The largest absolute Gasteiger partial charge is 0.496 e. The third-order valence-electron chi connectivity index (χ3n) is 3.93. The maximum absolute atomic E-state index is 13.5. The molecule has 1 unspecified atom stereocenters. The van der Waals surface area contributed by atoms with Gasteiger partial charge in [-0.2, -0.15) is 0 Å². The predicted octanol–water partition coefficient (Wildman–Crippen LogP) is 2.39. The van der Waals surface area contributed by atoms with E-state index in [1.165, 1.54) is 19.2 Å². The van der Waals surface area contributed by atoms with Gasteiger partial charge in [0.25, 0.3) is 5.91 Å². The van der Waals surface area contributed by atoms with E-state index < -0.39 is 35.3 Å². The molecule has 0 aliphatic carbocycles. The molecule has 124 valence electrons. The van der Waals surface area contributed by atoms with Crippen LogP contribution in [0.5, 0.6) is 5.75 Å². The number of rotatable bonds is 4. The molecule has 2 N–H and O–H groups in total. The summed E-state index contributed by atoms with van der Waals surface area (Å²) < 4.78 is 31.7. The molecule has 0 saturated carbocycles. The van der Waals surface area contributed by atoms with Crippen molar-refractivity contribution in [2.24, 2.45) is 0 Å². The lowest BCUT2D eigenvalue weighted by Crippen LogP contribution is -2.36. The molecule has 5 nitrogen and oxygen atoms in total.